The van der Waals surface area contributed by atoms with Crippen LogP contribution in [0.15, 0.2) is 0 Å². The minimum atomic E-state index is -0.674. The van der Waals surface area contributed by atoms with Gasteiger partial charge in [-0.05, 0) is 45.2 Å². The van der Waals surface area contributed by atoms with E-state index < -0.39 is 5.60 Å². The number of methoxy groups -OCH3 is 1. The van der Waals surface area contributed by atoms with Gasteiger partial charge < -0.3 is 15.4 Å². The van der Waals surface area contributed by atoms with Gasteiger partial charge in [-0.15, -0.1) is 0 Å². The molecule has 0 aromatic carbocycles. The van der Waals surface area contributed by atoms with Crippen LogP contribution in [0.25, 0.3) is 0 Å². The molecule has 4 nitrogen and oxygen atoms in total. The van der Waals surface area contributed by atoms with Crippen molar-refractivity contribution in [1.82, 2.24) is 10.6 Å². The maximum Gasteiger partial charge on any atom is 0.251 e. The van der Waals surface area contributed by atoms with Crippen LogP contribution in [0.3, 0.4) is 0 Å². The highest BCUT2D eigenvalue weighted by atomic mass is 16.5. The molecule has 1 aliphatic rings. The zero-order chi connectivity index (χ0) is 12.0. The van der Waals surface area contributed by atoms with E-state index in [0.717, 1.165) is 32.5 Å². The van der Waals surface area contributed by atoms with Crippen LogP contribution in [-0.2, 0) is 9.53 Å². The molecule has 0 aromatic rings. The molecule has 1 heterocycles. The molecule has 94 valence electrons. The highest BCUT2D eigenvalue weighted by molar-refractivity contribution is 5.84. The van der Waals surface area contributed by atoms with Gasteiger partial charge >= 0.3 is 0 Å². The molecule has 1 rings (SSSR count). The second-order valence-electron chi connectivity index (χ2n) is 4.69. The number of carbonyl (C=O) groups excluding carboxylic acids is 1. The Kier molecular flexibility index (Phi) is 5.22. The van der Waals surface area contributed by atoms with Gasteiger partial charge in [-0.2, -0.15) is 0 Å². The smallest absolute Gasteiger partial charge is 0.251 e. The predicted molar refractivity (Wildman–Crippen MR) is 64.3 cm³/mol. The normalized spacial score (nSPS) is 21.4. The fraction of sp³-hybridized carbons (Fsp3) is 0.917. The molecule has 0 saturated carbocycles. The highest BCUT2D eigenvalue weighted by Gasteiger charge is 2.31. The van der Waals surface area contributed by atoms with E-state index in [2.05, 4.69) is 10.6 Å². The monoisotopic (exact) mass is 228 g/mol. The molecule has 0 aromatic heterocycles. The molecule has 0 spiro atoms. The molecule has 1 unspecified atom stereocenters. The molecular formula is C12H24N2O2. The highest BCUT2D eigenvalue weighted by Crippen LogP contribution is 2.15. The predicted octanol–water partition coefficient (Wildman–Crippen LogP) is 0.917. The third-order valence-electron chi connectivity index (χ3n) is 3.62. The van der Waals surface area contributed by atoms with Crippen LogP contribution < -0.4 is 10.6 Å². The van der Waals surface area contributed by atoms with E-state index in [0.29, 0.717) is 12.3 Å². The van der Waals surface area contributed by atoms with Gasteiger partial charge in [-0.1, -0.05) is 6.92 Å². The van der Waals surface area contributed by atoms with Crippen molar-refractivity contribution in [2.45, 2.75) is 38.7 Å². The summed E-state index contributed by atoms with van der Waals surface area (Å²) in [6.45, 7) is 6.71. The summed E-state index contributed by atoms with van der Waals surface area (Å²) in [5.74, 6) is 0.624. The Labute approximate surface area is 98.1 Å². The number of ether oxygens (including phenoxy) is 1. The molecule has 0 bridgehead atoms. The van der Waals surface area contributed by atoms with E-state index in [9.17, 15) is 4.79 Å². The van der Waals surface area contributed by atoms with Crippen LogP contribution in [0.4, 0.5) is 0 Å². The van der Waals surface area contributed by atoms with Crippen LogP contribution in [-0.4, -0.2) is 38.3 Å². The van der Waals surface area contributed by atoms with E-state index in [1.807, 2.05) is 13.8 Å². The standard InChI is InChI=1S/C12H24N2O2/c1-4-12(2,16-3)11(15)14-9-10-5-7-13-8-6-10/h10,13H,4-9H2,1-3H3,(H,14,15). The fourth-order valence-corrected chi connectivity index (χ4v) is 1.91. The molecular weight excluding hydrogens is 204 g/mol. The van der Waals surface area contributed by atoms with Crippen LogP contribution in [0.1, 0.15) is 33.1 Å². The lowest BCUT2D eigenvalue weighted by atomic mass is 9.97. The van der Waals surface area contributed by atoms with Crippen LogP contribution in [0.5, 0.6) is 0 Å². The molecule has 1 amide bonds. The zero-order valence-electron chi connectivity index (χ0n) is 10.6. The maximum absolute atomic E-state index is 11.9. The summed E-state index contributed by atoms with van der Waals surface area (Å²) in [6, 6.07) is 0. The molecule has 1 fully saturated rings. The minimum Gasteiger partial charge on any atom is -0.369 e. The van der Waals surface area contributed by atoms with Gasteiger partial charge in [0.05, 0.1) is 0 Å². The molecule has 4 heteroatoms. The molecule has 2 N–H and O–H groups in total. The van der Waals surface area contributed by atoms with Crippen molar-refractivity contribution in [3.63, 3.8) is 0 Å². The number of carbonyl (C=O) groups is 1. The summed E-state index contributed by atoms with van der Waals surface area (Å²) in [6.07, 6.45) is 2.99. The molecule has 1 aliphatic heterocycles. The third-order valence-corrected chi connectivity index (χ3v) is 3.62. The average molecular weight is 228 g/mol. The Morgan fingerprint density at radius 2 is 2.12 bits per heavy atom. The quantitative estimate of drug-likeness (QED) is 0.735. The van der Waals surface area contributed by atoms with Crippen molar-refractivity contribution in [1.29, 1.82) is 0 Å². The van der Waals surface area contributed by atoms with Gasteiger partial charge in [-0.25, -0.2) is 0 Å². The van der Waals surface area contributed by atoms with Crippen molar-refractivity contribution < 1.29 is 9.53 Å². The lowest BCUT2D eigenvalue weighted by Crippen LogP contribution is -2.47. The van der Waals surface area contributed by atoms with Crippen molar-refractivity contribution >= 4 is 5.91 Å². The summed E-state index contributed by atoms with van der Waals surface area (Å²) in [5.41, 5.74) is -0.674. The van der Waals surface area contributed by atoms with Crippen molar-refractivity contribution in [3.8, 4) is 0 Å². The second kappa shape index (κ2) is 6.21. The lowest BCUT2D eigenvalue weighted by molar-refractivity contribution is -0.142. The van der Waals surface area contributed by atoms with Gasteiger partial charge in [0.15, 0.2) is 0 Å². The topological polar surface area (TPSA) is 50.4 Å². The largest absolute Gasteiger partial charge is 0.369 e. The van der Waals surface area contributed by atoms with E-state index >= 15 is 0 Å². The SMILES string of the molecule is CCC(C)(OC)C(=O)NCC1CCNCC1. The molecule has 16 heavy (non-hydrogen) atoms. The maximum atomic E-state index is 11.9. The number of piperidine rings is 1. The van der Waals surface area contributed by atoms with Crippen LogP contribution in [0.2, 0.25) is 0 Å². The Balaban J connectivity index is 2.33. The van der Waals surface area contributed by atoms with E-state index in [4.69, 9.17) is 4.74 Å². The summed E-state index contributed by atoms with van der Waals surface area (Å²) in [4.78, 5) is 11.9. The Morgan fingerprint density at radius 1 is 1.50 bits per heavy atom. The van der Waals surface area contributed by atoms with Crippen LogP contribution in [0, 0.1) is 5.92 Å². The first-order chi connectivity index (χ1) is 7.62. The van der Waals surface area contributed by atoms with Crippen LogP contribution >= 0.6 is 0 Å². The average Bonchev–Trinajstić information content (AvgIpc) is 2.36. The number of amides is 1. The van der Waals surface area contributed by atoms with Gasteiger partial charge in [0.1, 0.15) is 5.60 Å². The van der Waals surface area contributed by atoms with Gasteiger partial charge in [0.25, 0.3) is 5.91 Å². The Morgan fingerprint density at radius 3 is 2.62 bits per heavy atom. The molecule has 0 aliphatic carbocycles. The van der Waals surface area contributed by atoms with E-state index in [1.54, 1.807) is 7.11 Å². The van der Waals surface area contributed by atoms with Crippen molar-refractivity contribution in [3.05, 3.63) is 0 Å². The van der Waals surface area contributed by atoms with E-state index in [-0.39, 0.29) is 5.91 Å². The fourth-order valence-electron chi connectivity index (χ4n) is 1.91. The molecule has 1 atom stereocenters. The summed E-state index contributed by atoms with van der Waals surface area (Å²) >= 11 is 0. The Hall–Kier alpha value is -0.610. The third kappa shape index (κ3) is 3.46. The first-order valence-corrected chi connectivity index (χ1v) is 6.16. The van der Waals surface area contributed by atoms with Crippen molar-refractivity contribution in [2.24, 2.45) is 5.92 Å². The summed E-state index contributed by atoms with van der Waals surface area (Å²) in [5, 5.41) is 6.32. The molecule has 0 radical (unpaired) electrons. The number of nitrogens with one attached hydrogen (secondary N) is 2. The minimum absolute atomic E-state index is 0.0102. The number of rotatable bonds is 5. The summed E-state index contributed by atoms with van der Waals surface area (Å²) in [7, 11) is 1.59. The summed E-state index contributed by atoms with van der Waals surface area (Å²) < 4.78 is 5.26. The van der Waals surface area contributed by atoms with E-state index in [1.165, 1.54) is 0 Å². The van der Waals surface area contributed by atoms with Gasteiger partial charge in [0, 0.05) is 13.7 Å². The number of hydrogen-bond donors (Lipinski definition) is 2. The zero-order valence-corrected chi connectivity index (χ0v) is 10.6. The number of hydrogen-bond acceptors (Lipinski definition) is 3. The lowest BCUT2D eigenvalue weighted by Gasteiger charge is -2.28. The van der Waals surface area contributed by atoms with Gasteiger partial charge in [-0.3, -0.25) is 4.79 Å². The second-order valence-corrected chi connectivity index (χ2v) is 4.69. The first-order valence-electron chi connectivity index (χ1n) is 6.16. The Bertz CT molecular complexity index is 221. The van der Waals surface area contributed by atoms with Gasteiger partial charge in [0.2, 0.25) is 0 Å². The van der Waals surface area contributed by atoms with Crippen molar-refractivity contribution in [2.75, 3.05) is 26.7 Å². The first kappa shape index (κ1) is 13.5. The molecule has 1 saturated heterocycles.